The number of benzene rings is 5. The third kappa shape index (κ3) is 4.63. The van der Waals surface area contributed by atoms with Crippen molar-refractivity contribution in [3.8, 4) is 11.5 Å². The Balaban J connectivity index is 1.02. The summed E-state index contributed by atoms with van der Waals surface area (Å²) >= 11 is 0. The number of fused-ring (bicyclic) bond motifs is 12. The van der Waals surface area contributed by atoms with E-state index in [1.807, 2.05) is 0 Å². The molecule has 2 aliphatic heterocycles. The summed E-state index contributed by atoms with van der Waals surface area (Å²) < 4.78 is 7.18. The molecule has 0 radical (unpaired) electrons. The van der Waals surface area contributed by atoms with Crippen LogP contribution in [-0.2, 0) is 5.41 Å². The Morgan fingerprint density at radius 3 is 1.95 bits per heavy atom. The number of ether oxygens (including phenoxy) is 1. The minimum absolute atomic E-state index is 0.0192. The summed E-state index contributed by atoms with van der Waals surface area (Å²) in [5.41, 5.74) is 11.1. The van der Waals surface area contributed by atoms with E-state index in [-0.39, 0.29) is 35.4 Å². The first-order valence-electron chi connectivity index (χ1n) is 20.8. The molecule has 3 nitrogen and oxygen atoms in total. The Labute approximate surface area is 335 Å². The molecule has 0 amide bonds. The second kappa shape index (κ2) is 12.7. The molecule has 276 valence electrons. The van der Waals surface area contributed by atoms with Gasteiger partial charge >= 0.3 is 0 Å². The zero-order valence-electron chi connectivity index (χ0n) is 32.0. The van der Waals surface area contributed by atoms with Crippen molar-refractivity contribution in [1.29, 1.82) is 0 Å². The molecule has 7 aliphatic rings. The third-order valence-corrected chi connectivity index (χ3v) is 14.4. The van der Waals surface area contributed by atoms with E-state index in [4.69, 9.17) is 9.73 Å². The van der Waals surface area contributed by atoms with Gasteiger partial charge in [0.25, 0.3) is 0 Å². The number of hydrogen-bond donors (Lipinski definition) is 0. The van der Waals surface area contributed by atoms with Crippen molar-refractivity contribution in [2.24, 2.45) is 34.6 Å². The minimum Gasteiger partial charge on any atom is -0.456 e. The first-order valence-corrected chi connectivity index (χ1v) is 20.8. The summed E-state index contributed by atoms with van der Waals surface area (Å²) in [5, 5.41) is 0. The van der Waals surface area contributed by atoms with Crippen LogP contribution in [0, 0.1) is 29.6 Å². The maximum absolute atomic E-state index is 7.18. The van der Waals surface area contributed by atoms with Gasteiger partial charge in [-0.15, -0.1) is 0 Å². The number of rotatable bonds is 4. The van der Waals surface area contributed by atoms with Gasteiger partial charge in [-0.05, 0) is 83.0 Å². The van der Waals surface area contributed by atoms with Crippen LogP contribution in [0.4, 0.5) is 5.69 Å². The third-order valence-electron chi connectivity index (χ3n) is 14.4. The highest BCUT2D eigenvalue weighted by molar-refractivity contribution is 6.10. The van der Waals surface area contributed by atoms with E-state index in [0.717, 1.165) is 22.8 Å². The summed E-state index contributed by atoms with van der Waals surface area (Å²) in [5.74, 6) is 4.37. The zero-order chi connectivity index (χ0) is 37.7. The van der Waals surface area contributed by atoms with Crippen LogP contribution in [0.1, 0.15) is 63.9 Å². The summed E-state index contributed by atoms with van der Waals surface area (Å²) in [6.45, 7) is 2.34. The number of para-hydroxylation sites is 2. The maximum atomic E-state index is 7.18. The summed E-state index contributed by atoms with van der Waals surface area (Å²) in [6.07, 6.45) is 28.0. The predicted octanol–water partition coefficient (Wildman–Crippen LogP) is 12.2. The number of allylic oxidation sites excluding steroid dienone is 12. The van der Waals surface area contributed by atoms with Gasteiger partial charge in [-0.3, -0.25) is 4.99 Å². The van der Waals surface area contributed by atoms with Crippen LogP contribution in [0.15, 0.2) is 199 Å². The van der Waals surface area contributed by atoms with Crippen molar-refractivity contribution in [3.05, 3.63) is 233 Å². The van der Waals surface area contributed by atoms with E-state index in [0.29, 0.717) is 23.7 Å². The lowest BCUT2D eigenvalue weighted by molar-refractivity contribution is 0.310. The molecule has 9 unspecified atom stereocenters. The molecule has 1 saturated carbocycles. The van der Waals surface area contributed by atoms with Crippen LogP contribution in [-0.4, -0.2) is 11.8 Å². The molecule has 0 aromatic heterocycles. The highest BCUT2D eigenvalue weighted by atomic mass is 16.5. The normalized spacial score (nSPS) is 31.6. The average molecular weight is 737 g/mol. The van der Waals surface area contributed by atoms with E-state index >= 15 is 0 Å². The highest BCUT2D eigenvalue weighted by Gasteiger charge is 2.62. The molecular formula is C54H44N2O. The SMILES string of the molecule is CC1C(c2cccc3c2Oc2ccccc2C32C3C=CC=CC3C3C=CC=CC32)=NC(c2ccccc2)N1c1ccc2c(c1)C(c1ccccc1)C1C=CC=CC21. The van der Waals surface area contributed by atoms with Crippen molar-refractivity contribution >= 4 is 11.4 Å². The fraction of sp³-hybridized carbons (Fsp3) is 0.204. The molecule has 5 aliphatic carbocycles. The molecule has 9 atom stereocenters. The van der Waals surface area contributed by atoms with Crippen LogP contribution in [0.2, 0.25) is 0 Å². The molecule has 3 heteroatoms. The first-order chi connectivity index (χ1) is 28.2. The second-order valence-electron chi connectivity index (χ2n) is 16.9. The van der Waals surface area contributed by atoms with Gasteiger partial charge in [0.2, 0.25) is 0 Å². The summed E-state index contributed by atoms with van der Waals surface area (Å²) in [4.78, 5) is 8.30. The molecule has 1 fully saturated rings. The standard InChI is InChI=1S/C54H44N2O/c1-34-51(43-25-16-29-48-52(43)57-49-30-15-14-28-47(49)54(48)45-26-12-10-22-40(45)41-23-11-13-27-46(41)54)55-53(36-19-6-3-7-20-36)56(34)37-31-32-39-38-21-8-9-24-42(38)50(44(39)33-37)35-17-4-2-5-18-35/h2-34,38,40-42,45-46,50,53H,1H3. The molecule has 0 bridgehead atoms. The van der Waals surface area contributed by atoms with Gasteiger partial charge in [0.1, 0.15) is 17.7 Å². The molecule has 0 N–H and O–H groups in total. The van der Waals surface area contributed by atoms with Crippen LogP contribution in [0.25, 0.3) is 0 Å². The van der Waals surface area contributed by atoms with Crippen molar-refractivity contribution in [3.63, 3.8) is 0 Å². The molecule has 57 heavy (non-hydrogen) atoms. The maximum Gasteiger partial charge on any atom is 0.148 e. The molecule has 5 aromatic carbocycles. The molecule has 12 rings (SSSR count). The van der Waals surface area contributed by atoms with Gasteiger partial charge in [0.15, 0.2) is 0 Å². The predicted molar refractivity (Wildman–Crippen MR) is 231 cm³/mol. The largest absolute Gasteiger partial charge is 0.456 e. The lowest BCUT2D eigenvalue weighted by Crippen LogP contribution is -2.42. The zero-order valence-corrected chi connectivity index (χ0v) is 32.0. The molecule has 0 saturated heterocycles. The van der Waals surface area contributed by atoms with Crippen molar-refractivity contribution in [2.75, 3.05) is 4.90 Å². The topological polar surface area (TPSA) is 24.8 Å². The van der Waals surface area contributed by atoms with E-state index in [1.165, 1.54) is 39.1 Å². The Morgan fingerprint density at radius 1 is 0.561 bits per heavy atom. The van der Waals surface area contributed by atoms with Crippen LogP contribution in [0.3, 0.4) is 0 Å². The average Bonchev–Trinajstić information content (AvgIpc) is 3.90. The van der Waals surface area contributed by atoms with E-state index in [2.05, 4.69) is 206 Å². The Hall–Kier alpha value is -6.19. The number of aliphatic imine (C=N–C) groups is 1. The lowest BCUT2D eigenvalue weighted by atomic mass is 9.59. The molecule has 2 heterocycles. The summed E-state index contributed by atoms with van der Waals surface area (Å²) in [6, 6.07) is 44.9. The lowest BCUT2D eigenvalue weighted by Gasteiger charge is -2.46. The smallest absolute Gasteiger partial charge is 0.148 e. The van der Waals surface area contributed by atoms with Crippen molar-refractivity contribution in [1.82, 2.24) is 0 Å². The quantitative estimate of drug-likeness (QED) is 0.184. The Morgan fingerprint density at radius 2 is 1.19 bits per heavy atom. The van der Waals surface area contributed by atoms with E-state index < -0.39 is 0 Å². The fourth-order valence-electron chi connectivity index (χ4n) is 12.1. The van der Waals surface area contributed by atoms with Crippen LogP contribution < -0.4 is 9.64 Å². The minimum atomic E-state index is -0.287. The first kappa shape index (κ1) is 33.0. The van der Waals surface area contributed by atoms with E-state index in [1.54, 1.807) is 0 Å². The summed E-state index contributed by atoms with van der Waals surface area (Å²) in [7, 11) is 0. The molecular weight excluding hydrogens is 693 g/mol. The van der Waals surface area contributed by atoms with Crippen LogP contribution >= 0.6 is 0 Å². The van der Waals surface area contributed by atoms with Gasteiger partial charge in [-0.1, -0.05) is 170 Å². The van der Waals surface area contributed by atoms with Gasteiger partial charge in [0, 0.05) is 39.6 Å². The van der Waals surface area contributed by atoms with Gasteiger partial charge in [0.05, 0.1) is 11.8 Å². The molecule has 1 spiro atoms. The second-order valence-corrected chi connectivity index (χ2v) is 16.9. The Kier molecular flexibility index (Phi) is 7.33. The Bertz CT molecular complexity index is 2610. The van der Waals surface area contributed by atoms with Crippen molar-refractivity contribution < 1.29 is 4.74 Å². The van der Waals surface area contributed by atoms with Gasteiger partial charge in [-0.2, -0.15) is 0 Å². The number of anilines is 1. The van der Waals surface area contributed by atoms with Gasteiger partial charge in [-0.25, -0.2) is 0 Å². The van der Waals surface area contributed by atoms with Crippen LogP contribution in [0.5, 0.6) is 11.5 Å². The number of hydrogen-bond acceptors (Lipinski definition) is 3. The highest BCUT2D eigenvalue weighted by Crippen LogP contribution is 2.67. The monoisotopic (exact) mass is 736 g/mol. The van der Waals surface area contributed by atoms with Gasteiger partial charge < -0.3 is 9.64 Å². The molecule has 5 aromatic rings. The van der Waals surface area contributed by atoms with E-state index in [9.17, 15) is 0 Å². The number of nitrogens with zero attached hydrogens (tertiary/aromatic N) is 2. The van der Waals surface area contributed by atoms with Crippen molar-refractivity contribution in [2.45, 2.75) is 36.4 Å². The fourth-order valence-corrected chi connectivity index (χ4v) is 12.1.